The third-order valence-electron chi connectivity index (χ3n) is 2.88. The monoisotopic (exact) mass is 248 g/mol. The zero-order valence-electron chi connectivity index (χ0n) is 11.0. The van der Waals surface area contributed by atoms with E-state index in [0.717, 1.165) is 37.7 Å². The third kappa shape index (κ3) is 4.05. The van der Waals surface area contributed by atoms with Crippen molar-refractivity contribution in [3.05, 3.63) is 48.3 Å². The summed E-state index contributed by atoms with van der Waals surface area (Å²) in [5.41, 5.74) is 0. The Labute approximate surface area is 108 Å². The highest BCUT2D eigenvalue weighted by Gasteiger charge is 2.06. The highest BCUT2D eigenvalue weighted by molar-refractivity contribution is 4.98. The number of nitrogens with zero attached hydrogens (tertiary/aromatic N) is 2. The van der Waals surface area contributed by atoms with E-state index in [0.29, 0.717) is 0 Å². The van der Waals surface area contributed by atoms with Gasteiger partial charge in [0, 0.05) is 13.1 Å². The summed E-state index contributed by atoms with van der Waals surface area (Å²) in [6, 6.07) is 7.85. The predicted molar refractivity (Wildman–Crippen MR) is 70.1 cm³/mol. The second-order valence-corrected chi connectivity index (χ2v) is 4.63. The van der Waals surface area contributed by atoms with Crippen LogP contribution in [0.4, 0.5) is 0 Å². The lowest BCUT2D eigenvalue weighted by Crippen LogP contribution is -2.30. The van der Waals surface area contributed by atoms with Gasteiger partial charge in [0.15, 0.2) is 0 Å². The standard InChI is InChI=1S/C14H20N2O2/c1-15(11-13-5-3-9-17-13)7-8-16(2)12-14-6-4-10-18-14/h3-6,9-10H,7-8,11-12H2,1-2H3. The highest BCUT2D eigenvalue weighted by atomic mass is 16.3. The first-order chi connectivity index (χ1) is 8.74. The Hall–Kier alpha value is -1.52. The maximum atomic E-state index is 5.33. The highest BCUT2D eigenvalue weighted by Crippen LogP contribution is 2.05. The van der Waals surface area contributed by atoms with E-state index in [2.05, 4.69) is 23.9 Å². The molecule has 0 bridgehead atoms. The Balaban J connectivity index is 1.67. The van der Waals surface area contributed by atoms with E-state index >= 15 is 0 Å². The van der Waals surface area contributed by atoms with Gasteiger partial charge in [-0.3, -0.25) is 9.80 Å². The topological polar surface area (TPSA) is 32.8 Å². The summed E-state index contributed by atoms with van der Waals surface area (Å²) in [4.78, 5) is 4.49. The van der Waals surface area contributed by atoms with Gasteiger partial charge in [-0.25, -0.2) is 0 Å². The van der Waals surface area contributed by atoms with Crippen LogP contribution >= 0.6 is 0 Å². The normalized spacial score (nSPS) is 11.6. The fourth-order valence-electron chi connectivity index (χ4n) is 1.84. The summed E-state index contributed by atoms with van der Waals surface area (Å²) in [5, 5.41) is 0. The lowest BCUT2D eigenvalue weighted by Gasteiger charge is -2.20. The number of likely N-dealkylation sites (N-methyl/N-ethyl adjacent to an activating group) is 2. The number of hydrogen-bond donors (Lipinski definition) is 0. The molecule has 0 aliphatic carbocycles. The van der Waals surface area contributed by atoms with E-state index in [1.54, 1.807) is 12.5 Å². The summed E-state index contributed by atoms with van der Waals surface area (Å²) < 4.78 is 10.7. The van der Waals surface area contributed by atoms with Gasteiger partial charge in [-0.15, -0.1) is 0 Å². The van der Waals surface area contributed by atoms with Crippen molar-refractivity contribution in [3.8, 4) is 0 Å². The molecule has 0 amide bonds. The summed E-state index contributed by atoms with van der Waals surface area (Å²) in [5.74, 6) is 2.01. The minimum atomic E-state index is 0.849. The van der Waals surface area contributed by atoms with Gasteiger partial charge in [0.05, 0.1) is 25.6 Å². The fourth-order valence-corrected chi connectivity index (χ4v) is 1.84. The van der Waals surface area contributed by atoms with Crippen LogP contribution < -0.4 is 0 Å². The van der Waals surface area contributed by atoms with Crippen LogP contribution in [0.2, 0.25) is 0 Å². The molecule has 4 heteroatoms. The zero-order valence-corrected chi connectivity index (χ0v) is 11.0. The minimum Gasteiger partial charge on any atom is -0.468 e. The molecule has 0 N–H and O–H groups in total. The van der Waals surface area contributed by atoms with Crippen LogP contribution in [0.1, 0.15) is 11.5 Å². The van der Waals surface area contributed by atoms with Crippen molar-refractivity contribution in [2.45, 2.75) is 13.1 Å². The molecule has 2 rings (SSSR count). The van der Waals surface area contributed by atoms with Gasteiger partial charge in [-0.1, -0.05) is 0 Å². The van der Waals surface area contributed by atoms with E-state index in [9.17, 15) is 0 Å². The van der Waals surface area contributed by atoms with Gasteiger partial charge in [0.2, 0.25) is 0 Å². The third-order valence-corrected chi connectivity index (χ3v) is 2.88. The lowest BCUT2D eigenvalue weighted by atomic mass is 10.4. The van der Waals surface area contributed by atoms with Gasteiger partial charge in [0.25, 0.3) is 0 Å². The molecule has 0 saturated carbocycles. The van der Waals surface area contributed by atoms with Crippen molar-refractivity contribution < 1.29 is 8.83 Å². The Morgan fingerprint density at radius 1 is 0.833 bits per heavy atom. The number of rotatable bonds is 7. The first-order valence-electron chi connectivity index (χ1n) is 6.16. The van der Waals surface area contributed by atoms with Gasteiger partial charge < -0.3 is 8.83 Å². The minimum absolute atomic E-state index is 0.849. The molecule has 18 heavy (non-hydrogen) atoms. The van der Waals surface area contributed by atoms with Crippen LogP contribution in [-0.4, -0.2) is 37.0 Å². The van der Waals surface area contributed by atoms with Crippen LogP contribution in [0.5, 0.6) is 0 Å². The van der Waals surface area contributed by atoms with Crippen LogP contribution in [0.25, 0.3) is 0 Å². The molecule has 0 fully saturated rings. The van der Waals surface area contributed by atoms with E-state index in [1.165, 1.54) is 0 Å². The Morgan fingerprint density at radius 2 is 1.28 bits per heavy atom. The molecule has 0 spiro atoms. The quantitative estimate of drug-likeness (QED) is 0.753. The van der Waals surface area contributed by atoms with Crippen molar-refractivity contribution in [1.82, 2.24) is 9.80 Å². The van der Waals surface area contributed by atoms with Crippen LogP contribution in [-0.2, 0) is 13.1 Å². The largest absolute Gasteiger partial charge is 0.468 e. The second-order valence-electron chi connectivity index (χ2n) is 4.63. The van der Waals surface area contributed by atoms with E-state index < -0.39 is 0 Å². The lowest BCUT2D eigenvalue weighted by molar-refractivity contribution is 0.226. The van der Waals surface area contributed by atoms with E-state index in [4.69, 9.17) is 8.83 Å². The van der Waals surface area contributed by atoms with E-state index in [-0.39, 0.29) is 0 Å². The summed E-state index contributed by atoms with van der Waals surface area (Å²) in [6.07, 6.45) is 3.43. The van der Waals surface area contributed by atoms with Gasteiger partial charge in [-0.2, -0.15) is 0 Å². The van der Waals surface area contributed by atoms with Gasteiger partial charge >= 0.3 is 0 Å². The average Bonchev–Trinajstić information content (AvgIpc) is 2.99. The SMILES string of the molecule is CN(CCN(C)Cc1ccco1)Cc1ccco1. The molecular formula is C14H20N2O2. The molecule has 2 aromatic heterocycles. The molecule has 0 aliphatic heterocycles. The van der Waals surface area contributed by atoms with E-state index in [1.807, 2.05) is 24.3 Å². The molecule has 98 valence electrons. The van der Waals surface area contributed by atoms with Gasteiger partial charge in [0.1, 0.15) is 11.5 Å². The molecule has 0 radical (unpaired) electrons. The van der Waals surface area contributed by atoms with Crippen molar-refractivity contribution in [1.29, 1.82) is 0 Å². The molecule has 0 saturated heterocycles. The molecular weight excluding hydrogens is 228 g/mol. The number of furan rings is 2. The number of hydrogen-bond acceptors (Lipinski definition) is 4. The Morgan fingerprint density at radius 3 is 1.61 bits per heavy atom. The molecule has 4 nitrogen and oxygen atoms in total. The summed E-state index contributed by atoms with van der Waals surface area (Å²) >= 11 is 0. The first kappa shape index (κ1) is 12.9. The van der Waals surface area contributed by atoms with Crippen molar-refractivity contribution in [3.63, 3.8) is 0 Å². The van der Waals surface area contributed by atoms with Crippen molar-refractivity contribution in [2.24, 2.45) is 0 Å². The predicted octanol–water partition coefficient (Wildman–Crippen LogP) is 2.44. The Bertz CT molecular complexity index is 380. The first-order valence-corrected chi connectivity index (χ1v) is 6.16. The summed E-state index contributed by atoms with van der Waals surface area (Å²) in [7, 11) is 4.20. The second kappa shape index (κ2) is 6.42. The van der Waals surface area contributed by atoms with Crippen LogP contribution in [0.15, 0.2) is 45.6 Å². The molecule has 2 aromatic rings. The Kier molecular flexibility index (Phi) is 4.61. The van der Waals surface area contributed by atoms with Gasteiger partial charge in [-0.05, 0) is 38.4 Å². The molecule has 0 unspecified atom stereocenters. The smallest absolute Gasteiger partial charge is 0.117 e. The molecule has 0 aliphatic rings. The van der Waals surface area contributed by atoms with Crippen molar-refractivity contribution in [2.75, 3.05) is 27.2 Å². The van der Waals surface area contributed by atoms with Crippen molar-refractivity contribution >= 4 is 0 Å². The van der Waals surface area contributed by atoms with Crippen LogP contribution in [0, 0.1) is 0 Å². The maximum Gasteiger partial charge on any atom is 0.117 e. The average molecular weight is 248 g/mol. The fraction of sp³-hybridized carbons (Fsp3) is 0.429. The molecule has 0 aromatic carbocycles. The zero-order chi connectivity index (χ0) is 12.8. The maximum absolute atomic E-state index is 5.33. The van der Waals surface area contributed by atoms with Crippen LogP contribution in [0.3, 0.4) is 0 Å². The molecule has 2 heterocycles. The summed E-state index contributed by atoms with van der Waals surface area (Å²) in [6.45, 7) is 3.69. The molecule has 0 atom stereocenters.